The Hall–Kier alpha value is -0.450. The van der Waals surface area contributed by atoms with Crippen LogP contribution in [0.5, 0.6) is 0 Å². The predicted molar refractivity (Wildman–Crippen MR) is 79.4 cm³/mol. The van der Waals surface area contributed by atoms with Gasteiger partial charge in [-0.15, -0.1) is 12.6 Å². The van der Waals surface area contributed by atoms with E-state index in [1.54, 1.807) is 0 Å². The molecule has 0 aliphatic carbocycles. The molecule has 2 nitrogen and oxygen atoms in total. The van der Waals surface area contributed by atoms with Gasteiger partial charge in [-0.2, -0.15) is 11.8 Å². The number of carbonyl (C=O) groups excluding carboxylic acids is 1. The molecule has 0 aromatic heterocycles. The van der Waals surface area contributed by atoms with Crippen LogP contribution in [0.25, 0.3) is 0 Å². The van der Waals surface area contributed by atoms with Crippen molar-refractivity contribution in [1.29, 1.82) is 0 Å². The van der Waals surface area contributed by atoms with Gasteiger partial charge in [-0.1, -0.05) is 31.2 Å². The zero-order valence-electron chi connectivity index (χ0n) is 10.4. The number of hydrogen-bond acceptors (Lipinski definition) is 3. The maximum atomic E-state index is 11.2. The lowest BCUT2D eigenvalue weighted by molar-refractivity contribution is -0.111. The van der Waals surface area contributed by atoms with Gasteiger partial charge in [-0.05, 0) is 29.2 Å². The van der Waals surface area contributed by atoms with Crippen LogP contribution < -0.4 is 0 Å². The fourth-order valence-corrected chi connectivity index (χ4v) is 3.61. The summed E-state index contributed by atoms with van der Waals surface area (Å²) in [4.78, 5) is 11.2. The van der Waals surface area contributed by atoms with Gasteiger partial charge in [0.1, 0.15) is 0 Å². The normalized spacial score (nSPS) is 25.1. The van der Waals surface area contributed by atoms with Gasteiger partial charge in [0.2, 0.25) is 0 Å². The molecule has 1 aromatic rings. The number of thioether (sulfide) groups is 1. The van der Waals surface area contributed by atoms with E-state index >= 15 is 0 Å². The molecule has 18 heavy (non-hydrogen) atoms. The van der Waals surface area contributed by atoms with Gasteiger partial charge in [-0.25, -0.2) is 0 Å². The lowest BCUT2D eigenvalue weighted by Gasteiger charge is -2.14. The summed E-state index contributed by atoms with van der Waals surface area (Å²) < 4.78 is 0. The highest BCUT2D eigenvalue weighted by molar-refractivity contribution is 7.99. The summed E-state index contributed by atoms with van der Waals surface area (Å²) in [5.41, 5.74) is 2.23. The van der Waals surface area contributed by atoms with Crippen molar-refractivity contribution in [3.05, 3.63) is 35.4 Å². The van der Waals surface area contributed by atoms with Crippen LogP contribution >= 0.6 is 24.4 Å². The smallest absolute Gasteiger partial charge is 0.193 e. The van der Waals surface area contributed by atoms with Gasteiger partial charge in [0, 0.05) is 5.75 Å². The van der Waals surface area contributed by atoms with Crippen molar-refractivity contribution in [1.82, 2.24) is 0 Å². The Balaban J connectivity index is 2.01. The summed E-state index contributed by atoms with van der Waals surface area (Å²) >= 11 is 5.68. The molecule has 1 aliphatic rings. The highest BCUT2D eigenvalue weighted by Crippen LogP contribution is 2.28. The van der Waals surface area contributed by atoms with Crippen LogP contribution in [-0.2, 0) is 11.2 Å². The zero-order valence-corrected chi connectivity index (χ0v) is 12.1. The molecule has 1 N–H and O–H groups in total. The van der Waals surface area contributed by atoms with Crippen molar-refractivity contribution in [2.24, 2.45) is 5.92 Å². The van der Waals surface area contributed by atoms with E-state index in [0.717, 1.165) is 23.5 Å². The van der Waals surface area contributed by atoms with E-state index in [0.29, 0.717) is 5.92 Å². The van der Waals surface area contributed by atoms with Crippen molar-refractivity contribution in [2.45, 2.75) is 25.4 Å². The van der Waals surface area contributed by atoms with Crippen LogP contribution in [0, 0.1) is 5.92 Å². The second kappa shape index (κ2) is 6.13. The molecular formula is C14H18O2S2. The molecule has 1 aromatic carbocycles. The topological polar surface area (TPSA) is 37.3 Å². The number of rotatable bonds is 4. The lowest BCUT2D eigenvalue weighted by Crippen LogP contribution is -2.19. The third-order valence-electron chi connectivity index (χ3n) is 3.51. The Bertz CT molecular complexity index is 416. The van der Waals surface area contributed by atoms with Gasteiger partial charge >= 0.3 is 0 Å². The minimum Gasteiger partial charge on any atom is -0.392 e. The van der Waals surface area contributed by atoms with E-state index in [9.17, 15) is 9.90 Å². The van der Waals surface area contributed by atoms with Crippen molar-refractivity contribution in [2.75, 3.05) is 11.5 Å². The van der Waals surface area contributed by atoms with Gasteiger partial charge in [0.05, 0.1) is 12.0 Å². The average Bonchev–Trinajstić information content (AvgIpc) is 2.75. The second-order valence-electron chi connectivity index (χ2n) is 4.87. The number of thiol groups is 1. The number of aliphatic hydroxyl groups excluding tert-OH is 1. The molecule has 0 radical (unpaired) electrons. The molecule has 0 bridgehead atoms. The Morgan fingerprint density at radius 3 is 2.61 bits per heavy atom. The molecule has 4 heteroatoms. The average molecular weight is 282 g/mol. The lowest BCUT2D eigenvalue weighted by atomic mass is 9.94. The SMILES string of the molecule is CC(C(=O)S)c1ccc(CC2CSCC2O)cc1. The maximum absolute atomic E-state index is 11.2. The maximum Gasteiger partial charge on any atom is 0.193 e. The van der Waals surface area contributed by atoms with Crippen molar-refractivity contribution < 1.29 is 9.90 Å². The zero-order chi connectivity index (χ0) is 13.1. The van der Waals surface area contributed by atoms with E-state index in [1.165, 1.54) is 5.56 Å². The molecule has 1 aliphatic heterocycles. The summed E-state index contributed by atoms with van der Waals surface area (Å²) in [6, 6.07) is 8.09. The van der Waals surface area contributed by atoms with Gasteiger partial charge < -0.3 is 5.11 Å². The quantitative estimate of drug-likeness (QED) is 0.833. The highest BCUT2D eigenvalue weighted by Gasteiger charge is 2.25. The first kappa shape index (κ1) is 14.0. The van der Waals surface area contributed by atoms with Crippen LogP contribution in [0.15, 0.2) is 24.3 Å². The second-order valence-corrected chi connectivity index (χ2v) is 6.39. The van der Waals surface area contributed by atoms with Gasteiger partial charge in [0.15, 0.2) is 5.12 Å². The summed E-state index contributed by atoms with van der Waals surface area (Å²) in [7, 11) is 0. The fraction of sp³-hybridized carbons (Fsp3) is 0.500. The number of aliphatic hydroxyl groups is 1. The molecule has 1 fully saturated rings. The van der Waals surface area contributed by atoms with Crippen molar-refractivity contribution >= 4 is 29.5 Å². The molecule has 0 amide bonds. The predicted octanol–water partition coefficient (Wildman–Crippen LogP) is 2.51. The summed E-state index contributed by atoms with van der Waals surface area (Å²) in [5, 5.41) is 9.68. The summed E-state index contributed by atoms with van der Waals surface area (Å²) in [6.07, 6.45) is 0.741. The molecule has 0 spiro atoms. The van der Waals surface area contributed by atoms with Gasteiger partial charge in [0.25, 0.3) is 0 Å². The van der Waals surface area contributed by atoms with Crippen LogP contribution in [0.4, 0.5) is 0 Å². The van der Waals surface area contributed by atoms with E-state index in [1.807, 2.05) is 30.8 Å². The largest absolute Gasteiger partial charge is 0.392 e. The standard InChI is InChI=1S/C14H18O2S2/c1-9(14(16)17)11-4-2-10(3-5-11)6-12-7-18-8-13(12)15/h2-5,9,12-13,15H,6-8H2,1H3,(H,16,17). The first-order chi connectivity index (χ1) is 8.58. The third kappa shape index (κ3) is 3.31. The monoisotopic (exact) mass is 282 g/mol. The van der Waals surface area contributed by atoms with E-state index in [2.05, 4.69) is 24.8 Å². The third-order valence-corrected chi connectivity index (χ3v) is 5.14. The first-order valence-electron chi connectivity index (χ1n) is 6.15. The fourth-order valence-electron chi connectivity index (χ4n) is 2.17. The van der Waals surface area contributed by atoms with E-state index in [4.69, 9.17) is 0 Å². The van der Waals surface area contributed by atoms with E-state index < -0.39 is 0 Å². The molecular weight excluding hydrogens is 264 g/mol. The number of carbonyl (C=O) groups is 1. The minimum absolute atomic E-state index is 0.106. The Kier molecular flexibility index (Phi) is 4.76. The van der Waals surface area contributed by atoms with Crippen molar-refractivity contribution in [3.63, 3.8) is 0 Å². The minimum atomic E-state index is -0.174. The Morgan fingerprint density at radius 2 is 2.11 bits per heavy atom. The summed E-state index contributed by atoms with van der Waals surface area (Å²) in [6.45, 7) is 1.86. The number of benzene rings is 1. The molecule has 98 valence electrons. The Morgan fingerprint density at radius 1 is 1.44 bits per heavy atom. The molecule has 1 heterocycles. The van der Waals surface area contributed by atoms with E-state index in [-0.39, 0.29) is 17.1 Å². The highest BCUT2D eigenvalue weighted by atomic mass is 32.2. The van der Waals surface area contributed by atoms with Crippen LogP contribution in [-0.4, -0.2) is 27.8 Å². The molecule has 1 saturated heterocycles. The molecule has 3 unspecified atom stereocenters. The molecule has 0 saturated carbocycles. The first-order valence-corrected chi connectivity index (χ1v) is 7.75. The molecule has 3 atom stereocenters. The number of hydrogen-bond donors (Lipinski definition) is 2. The van der Waals surface area contributed by atoms with Crippen LogP contribution in [0.1, 0.15) is 24.0 Å². The summed E-state index contributed by atoms with van der Waals surface area (Å²) in [5.74, 6) is 2.10. The van der Waals surface area contributed by atoms with Crippen molar-refractivity contribution in [3.8, 4) is 0 Å². The Labute approximate surface area is 118 Å². The van der Waals surface area contributed by atoms with Crippen LogP contribution in [0.2, 0.25) is 0 Å². The van der Waals surface area contributed by atoms with Gasteiger partial charge in [-0.3, -0.25) is 4.79 Å². The van der Waals surface area contributed by atoms with Crippen LogP contribution in [0.3, 0.4) is 0 Å². The molecule has 2 rings (SSSR count).